The topological polar surface area (TPSA) is 29.6 Å². The Hall–Kier alpha value is -0.370. The van der Waals surface area contributed by atoms with Crippen molar-refractivity contribution in [2.24, 2.45) is 0 Å². The highest BCUT2D eigenvalue weighted by Gasteiger charge is 2.55. The molecule has 1 atom stereocenters. The number of aldehydes is 1. The largest absolute Gasteiger partial charge is 0.358 e. The van der Waals surface area contributed by atoms with E-state index in [1.54, 1.807) is 0 Å². The predicted octanol–water partition coefficient (Wildman–Crippen LogP) is 1.29. The van der Waals surface area contributed by atoms with E-state index in [9.17, 15) is 4.79 Å². The van der Waals surface area contributed by atoms with E-state index in [1.807, 2.05) is 0 Å². The normalized spacial score (nSPS) is 35.8. The fraction of sp³-hybridized carbons (Fsp3) is 0.875. The SMILES string of the molecule is O=CC1OC12CCCCC2. The molecule has 0 amide bonds. The van der Waals surface area contributed by atoms with Crippen molar-refractivity contribution < 1.29 is 9.53 Å². The molecule has 1 saturated heterocycles. The summed E-state index contributed by atoms with van der Waals surface area (Å²) in [5.74, 6) is 0. The molecule has 1 aliphatic carbocycles. The molecule has 0 aromatic carbocycles. The Morgan fingerprint density at radius 2 is 2.00 bits per heavy atom. The van der Waals surface area contributed by atoms with Gasteiger partial charge in [-0.2, -0.15) is 0 Å². The molecule has 2 rings (SSSR count). The van der Waals surface area contributed by atoms with Gasteiger partial charge in [-0.25, -0.2) is 0 Å². The van der Waals surface area contributed by atoms with Crippen LogP contribution in [0.15, 0.2) is 0 Å². The van der Waals surface area contributed by atoms with Crippen molar-refractivity contribution in [2.75, 3.05) is 0 Å². The van der Waals surface area contributed by atoms with E-state index in [4.69, 9.17) is 4.74 Å². The van der Waals surface area contributed by atoms with E-state index in [2.05, 4.69) is 0 Å². The van der Waals surface area contributed by atoms with E-state index in [-0.39, 0.29) is 11.7 Å². The summed E-state index contributed by atoms with van der Waals surface area (Å²) in [6.07, 6.45) is 6.91. The second kappa shape index (κ2) is 2.06. The first kappa shape index (κ1) is 6.35. The lowest BCUT2D eigenvalue weighted by Gasteiger charge is -2.16. The van der Waals surface area contributed by atoms with Crippen molar-refractivity contribution in [3.05, 3.63) is 0 Å². The van der Waals surface area contributed by atoms with Crippen LogP contribution in [0.1, 0.15) is 32.1 Å². The molecule has 2 heteroatoms. The third kappa shape index (κ3) is 0.788. The summed E-state index contributed by atoms with van der Waals surface area (Å²) in [5.41, 5.74) is 0.0278. The zero-order valence-electron chi connectivity index (χ0n) is 6.01. The highest BCUT2D eigenvalue weighted by Crippen LogP contribution is 2.46. The zero-order valence-corrected chi connectivity index (χ0v) is 6.01. The van der Waals surface area contributed by atoms with Crippen molar-refractivity contribution in [3.63, 3.8) is 0 Å². The second-order valence-corrected chi connectivity index (χ2v) is 3.30. The van der Waals surface area contributed by atoms with Crippen LogP contribution in [0.4, 0.5) is 0 Å². The van der Waals surface area contributed by atoms with Gasteiger partial charge in [0.25, 0.3) is 0 Å². The summed E-state index contributed by atoms with van der Waals surface area (Å²) >= 11 is 0. The number of carbonyl (C=O) groups excluding carboxylic acids is 1. The lowest BCUT2D eigenvalue weighted by Crippen LogP contribution is -2.19. The minimum absolute atomic E-state index is 0.0278. The molecule has 1 unspecified atom stereocenters. The fourth-order valence-corrected chi connectivity index (χ4v) is 1.92. The maximum Gasteiger partial charge on any atom is 0.151 e. The van der Waals surface area contributed by atoms with Gasteiger partial charge < -0.3 is 9.53 Å². The number of ether oxygens (including phenoxy) is 1. The molecule has 1 aliphatic heterocycles. The van der Waals surface area contributed by atoms with E-state index < -0.39 is 0 Å². The van der Waals surface area contributed by atoms with Crippen LogP contribution >= 0.6 is 0 Å². The molecule has 0 aromatic rings. The van der Waals surface area contributed by atoms with Gasteiger partial charge in [0, 0.05) is 0 Å². The predicted molar refractivity (Wildman–Crippen MR) is 36.8 cm³/mol. The molecule has 1 saturated carbocycles. The molecule has 2 nitrogen and oxygen atoms in total. The van der Waals surface area contributed by atoms with Crippen LogP contribution in [0, 0.1) is 0 Å². The number of epoxide rings is 1. The Kier molecular flexibility index (Phi) is 1.31. The maximum atomic E-state index is 10.3. The Bertz CT molecular complexity index is 147. The highest BCUT2D eigenvalue weighted by atomic mass is 16.6. The van der Waals surface area contributed by atoms with E-state index in [0.29, 0.717) is 0 Å². The molecule has 0 aromatic heterocycles. The Balaban J connectivity index is 1.97. The molecule has 10 heavy (non-hydrogen) atoms. The van der Waals surface area contributed by atoms with Gasteiger partial charge in [0.15, 0.2) is 6.29 Å². The van der Waals surface area contributed by atoms with Crippen molar-refractivity contribution in [2.45, 2.75) is 43.8 Å². The van der Waals surface area contributed by atoms with Crippen LogP contribution in [0.5, 0.6) is 0 Å². The van der Waals surface area contributed by atoms with Crippen molar-refractivity contribution in [3.8, 4) is 0 Å². The summed E-state index contributed by atoms with van der Waals surface area (Å²) < 4.78 is 5.33. The summed E-state index contributed by atoms with van der Waals surface area (Å²) in [5, 5.41) is 0. The van der Waals surface area contributed by atoms with Crippen LogP contribution in [0.25, 0.3) is 0 Å². The van der Waals surface area contributed by atoms with Crippen LogP contribution in [-0.2, 0) is 9.53 Å². The third-order valence-electron chi connectivity index (χ3n) is 2.65. The summed E-state index contributed by atoms with van der Waals surface area (Å²) in [7, 11) is 0. The molecule has 0 radical (unpaired) electrons. The van der Waals surface area contributed by atoms with Gasteiger partial charge in [-0.15, -0.1) is 0 Å². The first-order valence-electron chi connectivity index (χ1n) is 4.00. The van der Waals surface area contributed by atoms with Gasteiger partial charge >= 0.3 is 0 Å². The Morgan fingerprint density at radius 1 is 1.30 bits per heavy atom. The highest BCUT2D eigenvalue weighted by molar-refractivity contribution is 5.62. The minimum Gasteiger partial charge on any atom is -0.358 e. The molecule has 1 heterocycles. The molecular weight excluding hydrogens is 128 g/mol. The molecular formula is C8H12O2. The molecule has 0 N–H and O–H groups in total. The van der Waals surface area contributed by atoms with E-state index in [1.165, 1.54) is 19.3 Å². The summed E-state index contributed by atoms with van der Waals surface area (Å²) in [6, 6.07) is 0. The monoisotopic (exact) mass is 140 g/mol. The average Bonchev–Trinajstić information content (AvgIpc) is 2.65. The van der Waals surface area contributed by atoms with Gasteiger partial charge in [0.2, 0.25) is 0 Å². The number of hydrogen-bond acceptors (Lipinski definition) is 2. The average molecular weight is 140 g/mol. The van der Waals surface area contributed by atoms with Crippen molar-refractivity contribution in [1.29, 1.82) is 0 Å². The number of hydrogen-bond donors (Lipinski definition) is 0. The van der Waals surface area contributed by atoms with E-state index >= 15 is 0 Å². The summed E-state index contributed by atoms with van der Waals surface area (Å²) in [4.78, 5) is 10.3. The molecule has 2 aliphatic rings. The molecule has 56 valence electrons. The third-order valence-corrected chi connectivity index (χ3v) is 2.65. The van der Waals surface area contributed by atoms with Crippen LogP contribution in [0.3, 0.4) is 0 Å². The number of rotatable bonds is 1. The second-order valence-electron chi connectivity index (χ2n) is 3.30. The van der Waals surface area contributed by atoms with Crippen molar-refractivity contribution >= 4 is 6.29 Å². The van der Waals surface area contributed by atoms with Gasteiger partial charge in [-0.3, -0.25) is 0 Å². The maximum absolute atomic E-state index is 10.3. The Labute approximate surface area is 60.6 Å². The standard InChI is InChI=1S/C8H12O2/c9-6-7-8(10-7)4-2-1-3-5-8/h6-7H,1-5H2. The lowest BCUT2D eigenvalue weighted by molar-refractivity contribution is -0.108. The fourth-order valence-electron chi connectivity index (χ4n) is 1.92. The quantitative estimate of drug-likeness (QED) is 0.405. The van der Waals surface area contributed by atoms with Crippen molar-refractivity contribution in [1.82, 2.24) is 0 Å². The first-order chi connectivity index (χ1) is 4.87. The van der Waals surface area contributed by atoms with Crippen LogP contribution < -0.4 is 0 Å². The summed E-state index contributed by atoms with van der Waals surface area (Å²) in [6.45, 7) is 0. The van der Waals surface area contributed by atoms with Crippen LogP contribution in [0.2, 0.25) is 0 Å². The zero-order chi connectivity index (χ0) is 7.03. The minimum atomic E-state index is -0.0483. The Morgan fingerprint density at radius 3 is 2.50 bits per heavy atom. The van der Waals surface area contributed by atoms with Gasteiger partial charge in [-0.05, 0) is 12.8 Å². The van der Waals surface area contributed by atoms with Gasteiger partial charge in [0.05, 0.1) is 0 Å². The molecule has 2 fully saturated rings. The molecule has 0 bridgehead atoms. The molecule has 1 spiro atoms. The van der Waals surface area contributed by atoms with Crippen LogP contribution in [-0.4, -0.2) is 18.0 Å². The van der Waals surface area contributed by atoms with E-state index in [0.717, 1.165) is 19.1 Å². The smallest absolute Gasteiger partial charge is 0.151 e. The van der Waals surface area contributed by atoms with Gasteiger partial charge in [0.1, 0.15) is 11.7 Å². The van der Waals surface area contributed by atoms with Gasteiger partial charge in [-0.1, -0.05) is 19.3 Å². The number of carbonyl (C=O) groups is 1. The first-order valence-corrected chi connectivity index (χ1v) is 4.00. The lowest BCUT2D eigenvalue weighted by atomic mass is 9.87.